The molecule has 0 spiro atoms. The predicted octanol–water partition coefficient (Wildman–Crippen LogP) is 1.52. The highest BCUT2D eigenvalue weighted by Crippen LogP contribution is 2.48. The van der Waals surface area contributed by atoms with Gasteiger partial charge in [0.05, 0.1) is 11.8 Å². The minimum atomic E-state index is -0.804. The fourth-order valence-electron chi connectivity index (χ4n) is 3.82. The van der Waals surface area contributed by atoms with Crippen LogP contribution in [0.25, 0.3) is 0 Å². The van der Waals surface area contributed by atoms with Gasteiger partial charge in [-0.05, 0) is 37.5 Å². The molecule has 1 amide bonds. The van der Waals surface area contributed by atoms with E-state index in [-0.39, 0.29) is 23.7 Å². The summed E-state index contributed by atoms with van der Waals surface area (Å²) in [5.74, 6) is -1.29. The summed E-state index contributed by atoms with van der Waals surface area (Å²) in [5.41, 5.74) is 0. The van der Waals surface area contributed by atoms with Gasteiger partial charge in [-0.25, -0.2) is 0 Å². The molecule has 2 aliphatic carbocycles. The van der Waals surface area contributed by atoms with Crippen molar-refractivity contribution in [1.29, 1.82) is 0 Å². The molecular formula is C14H19NO3. The van der Waals surface area contributed by atoms with E-state index in [0.717, 1.165) is 32.4 Å². The number of piperidine rings is 1. The molecule has 0 aromatic rings. The van der Waals surface area contributed by atoms with Crippen molar-refractivity contribution in [2.45, 2.75) is 25.7 Å². The standard InChI is InChI=1S/C14H19NO3/c16-13(15-6-2-1-3-7-15)11-9-4-5-10(8-9)12(11)14(17)18/h4-5,9-12H,1-3,6-8H2,(H,17,18)/t9-,10-,11+,12+/m1/s1. The maximum absolute atomic E-state index is 12.5. The van der Waals surface area contributed by atoms with E-state index in [1.165, 1.54) is 6.42 Å². The Morgan fingerprint density at radius 1 is 1.00 bits per heavy atom. The van der Waals surface area contributed by atoms with Crippen LogP contribution in [0, 0.1) is 23.7 Å². The number of carbonyl (C=O) groups is 2. The first kappa shape index (κ1) is 11.8. The highest BCUT2D eigenvalue weighted by molar-refractivity contribution is 5.87. The Morgan fingerprint density at radius 2 is 1.61 bits per heavy atom. The van der Waals surface area contributed by atoms with Crippen LogP contribution in [-0.2, 0) is 9.59 Å². The Hall–Kier alpha value is -1.32. The van der Waals surface area contributed by atoms with Crippen LogP contribution in [0.15, 0.2) is 12.2 Å². The van der Waals surface area contributed by atoms with Crippen molar-refractivity contribution < 1.29 is 14.7 Å². The number of hydrogen-bond donors (Lipinski definition) is 1. The van der Waals surface area contributed by atoms with E-state index in [1.54, 1.807) is 0 Å². The highest BCUT2D eigenvalue weighted by Gasteiger charge is 2.52. The van der Waals surface area contributed by atoms with Crippen molar-refractivity contribution in [3.63, 3.8) is 0 Å². The first-order valence-electron chi connectivity index (χ1n) is 6.88. The summed E-state index contributed by atoms with van der Waals surface area (Å²) >= 11 is 0. The number of carboxylic acid groups (broad SMARTS) is 1. The first-order chi connectivity index (χ1) is 8.68. The maximum Gasteiger partial charge on any atom is 0.307 e. The summed E-state index contributed by atoms with van der Waals surface area (Å²) in [6.07, 6.45) is 8.18. The van der Waals surface area contributed by atoms with Crippen molar-refractivity contribution in [1.82, 2.24) is 4.90 Å². The molecule has 4 atom stereocenters. The van der Waals surface area contributed by atoms with Gasteiger partial charge in [0.15, 0.2) is 0 Å². The van der Waals surface area contributed by atoms with Gasteiger partial charge < -0.3 is 10.0 Å². The number of carbonyl (C=O) groups excluding carboxylic acids is 1. The number of nitrogens with zero attached hydrogens (tertiary/aromatic N) is 1. The smallest absolute Gasteiger partial charge is 0.307 e. The molecule has 2 bridgehead atoms. The van der Waals surface area contributed by atoms with Crippen LogP contribution < -0.4 is 0 Å². The van der Waals surface area contributed by atoms with Crippen molar-refractivity contribution in [2.24, 2.45) is 23.7 Å². The summed E-state index contributed by atoms with van der Waals surface area (Å²) in [5, 5.41) is 9.35. The molecule has 0 aromatic heterocycles. The van der Waals surface area contributed by atoms with Crippen LogP contribution in [0.2, 0.25) is 0 Å². The van der Waals surface area contributed by atoms with Gasteiger partial charge in [-0.3, -0.25) is 9.59 Å². The number of allylic oxidation sites excluding steroid dienone is 2. The second kappa shape index (κ2) is 4.41. The van der Waals surface area contributed by atoms with Crippen LogP contribution in [-0.4, -0.2) is 35.0 Å². The van der Waals surface area contributed by atoms with E-state index in [4.69, 9.17) is 0 Å². The van der Waals surface area contributed by atoms with Gasteiger partial charge in [0, 0.05) is 13.1 Å². The molecule has 0 aromatic carbocycles. The Kier molecular flexibility index (Phi) is 2.88. The first-order valence-corrected chi connectivity index (χ1v) is 6.88. The van der Waals surface area contributed by atoms with Crippen molar-refractivity contribution in [2.75, 3.05) is 13.1 Å². The molecule has 1 saturated carbocycles. The summed E-state index contributed by atoms with van der Waals surface area (Å²) < 4.78 is 0. The van der Waals surface area contributed by atoms with Gasteiger partial charge in [-0.2, -0.15) is 0 Å². The minimum Gasteiger partial charge on any atom is -0.481 e. The third-order valence-electron chi connectivity index (χ3n) is 4.70. The Morgan fingerprint density at radius 3 is 2.22 bits per heavy atom. The lowest BCUT2D eigenvalue weighted by molar-refractivity contribution is -0.151. The minimum absolute atomic E-state index is 0.0752. The van der Waals surface area contributed by atoms with E-state index in [9.17, 15) is 14.7 Å². The van der Waals surface area contributed by atoms with Crippen molar-refractivity contribution in [3.8, 4) is 0 Å². The zero-order valence-electron chi connectivity index (χ0n) is 10.4. The molecule has 3 rings (SSSR count). The van der Waals surface area contributed by atoms with Crippen LogP contribution in [0.3, 0.4) is 0 Å². The molecule has 1 aliphatic heterocycles. The molecule has 2 fully saturated rings. The van der Waals surface area contributed by atoms with Gasteiger partial charge in [0.1, 0.15) is 0 Å². The molecule has 98 valence electrons. The van der Waals surface area contributed by atoms with Gasteiger partial charge in [-0.1, -0.05) is 12.2 Å². The maximum atomic E-state index is 12.5. The third kappa shape index (κ3) is 1.74. The average Bonchev–Trinajstić information content (AvgIpc) is 2.99. The molecule has 1 N–H and O–H groups in total. The fourth-order valence-corrected chi connectivity index (χ4v) is 3.82. The quantitative estimate of drug-likeness (QED) is 0.755. The van der Waals surface area contributed by atoms with E-state index in [2.05, 4.69) is 6.08 Å². The average molecular weight is 249 g/mol. The van der Waals surface area contributed by atoms with E-state index in [1.807, 2.05) is 11.0 Å². The van der Waals surface area contributed by atoms with Gasteiger partial charge in [0.25, 0.3) is 0 Å². The number of likely N-dealkylation sites (tertiary alicyclic amines) is 1. The van der Waals surface area contributed by atoms with Gasteiger partial charge >= 0.3 is 5.97 Å². The van der Waals surface area contributed by atoms with Crippen LogP contribution in [0.4, 0.5) is 0 Å². The second-order valence-corrected chi connectivity index (χ2v) is 5.72. The number of hydrogen-bond acceptors (Lipinski definition) is 2. The SMILES string of the molecule is O=C(O)[C@@H]1[C@@H](C(=O)N2CCCCC2)[C@@H]2C=C[C@@H]1C2. The second-order valence-electron chi connectivity index (χ2n) is 5.72. The van der Waals surface area contributed by atoms with E-state index in [0.29, 0.717) is 0 Å². The Balaban J connectivity index is 1.79. The Bertz CT molecular complexity index is 398. The Labute approximate surface area is 107 Å². The largest absolute Gasteiger partial charge is 0.481 e. The van der Waals surface area contributed by atoms with E-state index < -0.39 is 11.9 Å². The fraction of sp³-hybridized carbons (Fsp3) is 0.714. The van der Waals surface area contributed by atoms with Crippen LogP contribution >= 0.6 is 0 Å². The molecule has 4 heteroatoms. The highest BCUT2D eigenvalue weighted by atomic mass is 16.4. The summed E-state index contributed by atoms with van der Waals surface area (Å²) in [6.45, 7) is 1.62. The molecule has 1 saturated heterocycles. The lowest BCUT2D eigenvalue weighted by Crippen LogP contribution is -2.44. The molecule has 1 heterocycles. The van der Waals surface area contributed by atoms with Crippen molar-refractivity contribution in [3.05, 3.63) is 12.2 Å². The number of fused-ring (bicyclic) bond motifs is 2. The van der Waals surface area contributed by atoms with Crippen LogP contribution in [0.1, 0.15) is 25.7 Å². The summed E-state index contributed by atoms with van der Waals surface area (Å²) in [4.78, 5) is 25.8. The van der Waals surface area contributed by atoms with Crippen molar-refractivity contribution >= 4 is 11.9 Å². The number of aliphatic carboxylic acids is 1. The zero-order chi connectivity index (χ0) is 12.7. The number of carboxylic acids is 1. The molecule has 3 aliphatic rings. The normalized spacial score (nSPS) is 38.1. The monoisotopic (exact) mass is 249 g/mol. The topological polar surface area (TPSA) is 57.6 Å². The molecule has 4 nitrogen and oxygen atoms in total. The summed E-state index contributed by atoms with van der Waals surface area (Å²) in [6, 6.07) is 0. The third-order valence-corrected chi connectivity index (χ3v) is 4.70. The predicted molar refractivity (Wildman–Crippen MR) is 65.8 cm³/mol. The molecular weight excluding hydrogens is 230 g/mol. The van der Waals surface area contributed by atoms with Crippen LogP contribution in [0.5, 0.6) is 0 Å². The van der Waals surface area contributed by atoms with E-state index >= 15 is 0 Å². The lowest BCUT2D eigenvalue weighted by atomic mass is 9.82. The molecule has 18 heavy (non-hydrogen) atoms. The van der Waals surface area contributed by atoms with Gasteiger partial charge in [0.2, 0.25) is 5.91 Å². The zero-order valence-corrected chi connectivity index (χ0v) is 10.4. The summed E-state index contributed by atoms with van der Waals surface area (Å²) in [7, 11) is 0. The number of rotatable bonds is 2. The van der Waals surface area contributed by atoms with Gasteiger partial charge in [-0.15, -0.1) is 0 Å². The molecule has 0 radical (unpaired) electrons. The number of amides is 1. The lowest BCUT2D eigenvalue weighted by Gasteiger charge is -2.33. The molecule has 0 unspecified atom stereocenters.